The smallest absolute Gasteiger partial charge is 0.227 e. The van der Waals surface area contributed by atoms with Gasteiger partial charge in [0.15, 0.2) is 5.82 Å². The molecule has 4 heteroatoms. The first kappa shape index (κ1) is 13.7. The van der Waals surface area contributed by atoms with Crippen molar-refractivity contribution in [3.8, 4) is 6.07 Å². The maximum Gasteiger partial charge on any atom is 0.227 e. The number of hydrogen-bond donors (Lipinski definition) is 0. The number of hydrogen-bond acceptors (Lipinski definition) is 4. The monoisotopic (exact) mass is 235 g/mol. The highest BCUT2D eigenvalue weighted by atomic mass is 16.5. The van der Waals surface area contributed by atoms with Gasteiger partial charge in [-0.1, -0.05) is 32.3 Å². The molecule has 1 aromatic heterocycles. The van der Waals surface area contributed by atoms with Gasteiger partial charge in [-0.2, -0.15) is 10.2 Å². The normalized spacial score (nSPS) is 14.2. The van der Waals surface area contributed by atoms with Crippen LogP contribution in [0.25, 0.3) is 0 Å². The van der Waals surface area contributed by atoms with Crippen molar-refractivity contribution in [2.75, 3.05) is 0 Å². The van der Waals surface area contributed by atoms with Crippen molar-refractivity contribution in [1.82, 2.24) is 10.1 Å². The van der Waals surface area contributed by atoms with Gasteiger partial charge in [-0.25, -0.2) is 0 Å². The standard InChI is InChI=1S/C13H21N3O/c1-4-6-7-11-15-12(17-16-11)10-13(3,5-2)8-9-14/h4-8,10H2,1-3H3. The van der Waals surface area contributed by atoms with Gasteiger partial charge in [-0.05, 0) is 18.3 Å². The van der Waals surface area contributed by atoms with Crippen LogP contribution in [0, 0.1) is 16.7 Å². The molecule has 0 bridgehead atoms. The first-order valence-corrected chi connectivity index (χ1v) is 6.32. The van der Waals surface area contributed by atoms with Gasteiger partial charge in [0.2, 0.25) is 5.89 Å². The lowest BCUT2D eigenvalue weighted by Crippen LogP contribution is -2.18. The lowest BCUT2D eigenvalue weighted by atomic mass is 9.81. The fraction of sp³-hybridized carbons (Fsp3) is 0.769. The van der Waals surface area contributed by atoms with Crippen molar-refractivity contribution in [1.29, 1.82) is 5.26 Å². The lowest BCUT2D eigenvalue weighted by Gasteiger charge is -2.22. The van der Waals surface area contributed by atoms with Crippen LogP contribution in [0.5, 0.6) is 0 Å². The van der Waals surface area contributed by atoms with Gasteiger partial charge in [-0.15, -0.1) is 0 Å². The fourth-order valence-electron chi connectivity index (χ4n) is 1.67. The summed E-state index contributed by atoms with van der Waals surface area (Å²) in [6, 6.07) is 2.23. The van der Waals surface area contributed by atoms with E-state index in [1.54, 1.807) is 0 Å². The fourth-order valence-corrected chi connectivity index (χ4v) is 1.67. The molecule has 94 valence electrons. The third kappa shape index (κ3) is 4.18. The number of unbranched alkanes of at least 4 members (excludes halogenated alkanes) is 1. The molecule has 0 spiro atoms. The van der Waals surface area contributed by atoms with Crippen LogP contribution in [0.15, 0.2) is 4.52 Å². The van der Waals surface area contributed by atoms with Crippen LogP contribution >= 0.6 is 0 Å². The summed E-state index contributed by atoms with van der Waals surface area (Å²) in [5, 5.41) is 12.8. The first-order valence-electron chi connectivity index (χ1n) is 6.32. The SMILES string of the molecule is CCCCc1noc(CC(C)(CC)CC#N)n1. The van der Waals surface area contributed by atoms with Gasteiger partial charge in [0.05, 0.1) is 6.07 Å². The van der Waals surface area contributed by atoms with Crippen LogP contribution in [0.4, 0.5) is 0 Å². The molecule has 0 fully saturated rings. The van der Waals surface area contributed by atoms with Gasteiger partial charge < -0.3 is 4.52 Å². The Balaban J connectivity index is 2.61. The predicted molar refractivity (Wildman–Crippen MR) is 65.2 cm³/mol. The Bertz CT molecular complexity index is 380. The molecular weight excluding hydrogens is 214 g/mol. The van der Waals surface area contributed by atoms with Crippen LogP contribution in [0.3, 0.4) is 0 Å². The van der Waals surface area contributed by atoms with Crippen molar-refractivity contribution in [2.45, 2.75) is 59.3 Å². The van der Waals surface area contributed by atoms with E-state index < -0.39 is 0 Å². The summed E-state index contributed by atoms with van der Waals surface area (Å²) in [5.74, 6) is 1.45. The average molecular weight is 235 g/mol. The Kier molecular flexibility index (Phi) is 5.14. The highest BCUT2D eigenvalue weighted by Crippen LogP contribution is 2.29. The third-order valence-electron chi connectivity index (χ3n) is 3.20. The minimum absolute atomic E-state index is 0.0523. The number of nitriles is 1. The summed E-state index contributed by atoms with van der Waals surface area (Å²) in [6.45, 7) is 6.32. The van der Waals surface area contributed by atoms with Gasteiger partial charge in [0.25, 0.3) is 0 Å². The summed E-state index contributed by atoms with van der Waals surface area (Å²) in [7, 11) is 0. The van der Waals surface area contributed by atoms with Crippen LogP contribution in [-0.4, -0.2) is 10.1 Å². The molecular formula is C13H21N3O. The maximum atomic E-state index is 8.82. The van der Waals surface area contributed by atoms with E-state index in [0.29, 0.717) is 18.7 Å². The zero-order chi connectivity index (χ0) is 12.7. The largest absolute Gasteiger partial charge is 0.339 e. The third-order valence-corrected chi connectivity index (χ3v) is 3.20. The molecule has 1 atom stereocenters. The highest BCUT2D eigenvalue weighted by molar-refractivity contribution is 4.94. The molecule has 0 aromatic carbocycles. The quantitative estimate of drug-likeness (QED) is 0.727. The summed E-state index contributed by atoms with van der Waals surface area (Å²) < 4.78 is 5.24. The molecule has 0 radical (unpaired) electrons. The number of aromatic nitrogens is 2. The van der Waals surface area contributed by atoms with E-state index in [9.17, 15) is 0 Å². The summed E-state index contributed by atoms with van der Waals surface area (Å²) in [6.07, 6.45) is 5.24. The summed E-state index contributed by atoms with van der Waals surface area (Å²) in [5.41, 5.74) is -0.0523. The Morgan fingerprint density at radius 1 is 1.41 bits per heavy atom. The molecule has 1 heterocycles. The van der Waals surface area contributed by atoms with E-state index in [4.69, 9.17) is 9.78 Å². The van der Waals surface area contributed by atoms with E-state index in [0.717, 1.165) is 31.5 Å². The Labute approximate surface area is 103 Å². The zero-order valence-electron chi connectivity index (χ0n) is 11.0. The topological polar surface area (TPSA) is 62.7 Å². The van der Waals surface area contributed by atoms with Crippen molar-refractivity contribution >= 4 is 0 Å². The molecule has 0 aliphatic carbocycles. The van der Waals surface area contributed by atoms with E-state index in [-0.39, 0.29) is 5.41 Å². The van der Waals surface area contributed by atoms with Gasteiger partial charge in [0, 0.05) is 19.3 Å². The van der Waals surface area contributed by atoms with Crippen molar-refractivity contribution < 1.29 is 4.52 Å². The van der Waals surface area contributed by atoms with E-state index in [1.165, 1.54) is 0 Å². The Morgan fingerprint density at radius 3 is 2.76 bits per heavy atom. The zero-order valence-corrected chi connectivity index (χ0v) is 11.0. The maximum absolute atomic E-state index is 8.82. The molecule has 1 rings (SSSR count). The second-order valence-corrected chi connectivity index (χ2v) is 4.88. The van der Waals surface area contributed by atoms with E-state index >= 15 is 0 Å². The molecule has 0 N–H and O–H groups in total. The number of rotatable bonds is 7. The van der Waals surface area contributed by atoms with Crippen LogP contribution in [-0.2, 0) is 12.8 Å². The summed E-state index contributed by atoms with van der Waals surface area (Å²) in [4.78, 5) is 4.38. The first-order chi connectivity index (χ1) is 8.13. The van der Waals surface area contributed by atoms with E-state index in [2.05, 4.69) is 37.0 Å². The second-order valence-electron chi connectivity index (χ2n) is 4.88. The highest BCUT2D eigenvalue weighted by Gasteiger charge is 2.25. The van der Waals surface area contributed by atoms with Crippen molar-refractivity contribution in [3.05, 3.63) is 11.7 Å². The predicted octanol–water partition coefficient (Wildman–Crippen LogP) is 3.28. The van der Waals surface area contributed by atoms with Crippen LogP contribution in [0.1, 0.15) is 58.2 Å². The Hall–Kier alpha value is -1.37. The molecule has 0 aliphatic heterocycles. The number of aryl methyl sites for hydroxylation is 1. The molecule has 0 saturated carbocycles. The molecule has 1 unspecified atom stereocenters. The molecule has 0 amide bonds. The minimum Gasteiger partial charge on any atom is -0.339 e. The molecule has 17 heavy (non-hydrogen) atoms. The summed E-state index contributed by atoms with van der Waals surface area (Å²) >= 11 is 0. The molecule has 0 aliphatic rings. The van der Waals surface area contributed by atoms with Crippen LogP contribution in [0.2, 0.25) is 0 Å². The molecule has 4 nitrogen and oxygen atoms in total. The lowest BCUT2D eigenvalue weighted by molar-refractivity contribution is 0.265. The van der Waals surface area contributed by atoms with Crippen molar-refractivity contribution in [2.24, 2.45) is 5.41 Å². The van der Waals surface area contributed by atoms with Crippen molar-refractivity contribution in [3.63, 3.8) is 0 Å². The van der Waals surface area contributed by atoms with Gasteiger partial charge in [-0.3, -0.25) is 0 Å². The second kappa shape index (κ2) is 6.39. The van der Waals surface area contributed by atoms with Gasteiger partial charge in [0.1, 0.15) is 0 Å². The molecule has 0 saturated heterocycles. The van der Waals surface area contributed by atoms with Crippen LogP contribution < -0.4 is 0 Å². The van der Waals surface area contributed by atoms with E-state index in [1.807, 2.05) is 0 Å². The Morgan fingerprint density at radius 2 is 2.18 bits per heavy atom. The average Bonchev–Trinajstić information content (AvgIpc) is 2.74. The minimum atomic E-state index is -0.0523. The number of nitrogens with zero attached hydrogens (tertiary/aromatic N) is 3. The van der Waals surface area contributed by atoms with Gasteiger partial charge >= 0.3 is 0 Å². The molecule has 1 aromatic rings.